The Hall–Kier alpha value is -2.93. The van der Waals surface area contributed by atoms with Gasteiger partial charge in [-0.05, 0) is 36.8 Å². The van der Waals surface area contributed by atoms with Crippen molar-refractivity contribution in [1.29, 1.82) is 0 Å². The van der Waals surface area contributed by atoms with E-state index in [-0.39, 0.29) is 11.5 Å². The molecule has 7 heteroatoms. The number of anilines is 1. The Bertz CT molecular complexity index is 1110. The lowest BCUT2D eigenvalue weighted by Crippen LogP contribution is -2.12. The van der Waals surface area contributed by atoms with Crippen LogP contribution >= 0.6 is 11.3 Å². The third-order valence-electron chi connectivity index (χ3n) is 3.75. The summed E-state index contributed by atoms with van der Waals surface area (Å²) < 4.78 is 0. The number of carbonyl (C=O) groups is 1. The van der Waals surface area contributed by atoms with E-state index in [0.29, 0.717) is 26.3 Å². The molecule has 4 aromatic rings. The van der Waals surface area contributed by atoms with Gasteiger partial charge in [-0.3, -0.25) is 9.59 Å². The van der Waals surface area contributed by atoms with E-state index in [1.165, 1.54) is 17.7 Å². The summed E-state index contributed by atoms with van der Waals surface area (Å²) in [6.45, 7) is 1.76. The second-order valence-corrected chi connectivity index (χ2v) is 6.20. The molecule has 1 aromatic carbocycles. The molecule has 0 saturated carbocycles. The van der Waals surface area contributed by atoms with Crippen molar-refractivity contribution < 1.29 is 4.79 Å². The molecule has 23 heavy (non-hydrogen) atoms. The highest BCUT2D eigenvalue weighted by atomic mass is 32.1. The van der Waals surface area contributed by atoms with Crippen LogP contribution in [0.4, 0.5) is 5.69 Å². The molecular weight excluding hydrogens is 312 g/mol. The SMILES string of the molecule is Cc1c(C(=O)Nc2ccc3[nH]ccc3c2)sc2nc[nH]c(=O)c12. The summed E-state index contributed by atoms with van der Waals surface area (Å²) >= 11 is 1.22. The lowest BCUT2D eigenvalue weighted by atomic mass is 10.2. The Kier molecular flexibility index (Phi) is 3.02. The zero-order chi connectivity index (χ0) is 16.0. The normalized spacial score (nSPS) is 11.2. The van der Waals surface area contributed by atoms with Crippen molar-refractivity contribution in [2.24, 2.45) is 0 Å². The van der Waals surface area contributed by atoms with E-state index in [1.54, 1.807) is 6.92 Å². The van der Waals surface area contributed by atoms with Gasteiger partial charge in [0.25, 0.3) is 11.5 Å². The number of carbonyl (C=O) groups excluding carboxylic acids is 1. The number of aromatic amines is 2. The molecule has 3 N–H and O–H groups in total. The van der Waals surface area contributed by atoms with E-state index >= 15 is 0 Å². The number of nitrogens with one attached hydrogen (secondary N) is 3. The lowest BCUT2D eigenvalue weighted by molar-refractivity contribution is 0.103. The molecule has 4 rings (SSSR count). The molecule has 0 unspecified atom stereocenters. The van der Waals surface area contributed by atoms with Crippen molar-refractivity contribution in [2.75, 3.05) is 5.32 Å². The van der Waals surface area contributed by atoms with Crippen molar-refractivity contribution >= 4 is 44.1 Å². The Balaban J connectivity index is 1.73. The first-order valence-corrected chi connectivity index (χ1v) is 7.80. The first kappa shape index (κ1) is 13.7. The number of thiophene rings is 1. The Morgan fingerprint density at radius 2 is 2.13 bits per heavy atom. The lowest BCUT2D eigenvalue weighted by Gasteiger charge is -2.04. The number of H-pyrrole nitrogens is 2. The predicted octanol–water partition coefficient (Wildman–Crippen LogP) is 3.03. The summed E-state index contributed by atoms with van der Waals surface area (Å²) in [6, 6.07) is 7.59. The van der Waals surface area contributed by atoms with E-state index in [9.17, 15) is 9.59 Å². The van der Waals surface area contributed by atoms with Gasteiger partial charge in [-0.2, -0.15) is 0 Å². The van der Waals surface area contributed by atoms with Crippen LogP contribution in [0.5, 0.6) is 0 Å². The number of hydrogen-bond donors (Lipinski definition) is 3. The summed E-state index contributed by atoms with van der Waals surface area (Å²) in [4.78, 5) is 35.3. The molecule has 1 amide bonds. The zero-order valence-electron chi connectivity index (χ0n) is 12.1. The van der Waals surface area contributed by atoms with E-state index in [0.717, 1.165) is 10.9 Å². The Morgan fingerprint density at radius 1 is 1.26 bits per heavy atom. The van der Waals surface area contributed by atoms with Gasteiger partial charge in [-0.15, -0.1) is 11.3 Å². The van der Waals surface area contributed by atoms with Crippen LogP contribution in [0.1, 0.15) is 15.2 Å². The molecular formula is C16H12N4O2S. The smallest absolute Gasteiger partial charge is 0.266 e. The average Bonchev–Trinajstić information content (AvgIpc) is 3.12. The molecule has 114 valence electrons. The molecule has 0 fully saturated rings. The van der Waals surface area contributed by atoms with Crippen molar-refractivity contribution in [3.8, 4) is 0 Å². The van der Waals surface area contributed by atoms with Crippen LogP contribution in [0.25, 0.3) is 21.1 Å². The summed E-state index contributed by atoms with van der Waals surface area (Å²) in [5.74, 6) is -0.236. The summed E-state index contributed by atoms with van der Waals surface area (Å²) in [6.07, 6.45) is 3.20. The molecule has 0 saturated heterocycles. The number of benzene rings is 1. The highest BCUT2D eigenvalue weighted by Gasteiger charge is 2.18. The first-order chi connectivity index (χ1) is 11.1. The van der Waals surface area contributed by atoms with Gasteiger partial charge in [0.15, 0.2) is 0 Å². The number of fused-ring (bicyclic) bond motifs is 2. The zero-order valence-corrected chi connectivity index (χ0v) is 13.0. The van der Waals surface area contributed by atoms with Gasteiger partial charge < -0.3 is 15.3 Å². The predicted molar refractivity (Wildman–Crippen MR) is 91.2 cm³/mol. The van der Waals surface area contributed by atoms with Crippen molar-refractivity contribution in [3.63, 3.8) is 0 Å². The number of aryl methyl sites for hydroxylation is 1. The van der Waals surface area contributed by atoms with E-state index < -0.39 is 0 Å². The summed E-state index contributed by atoms with van der Waals surface area (Å²) in [7, 11) is 0. The van der Waals surface area contributed by atoms with Gasteiger partial charge in [0, 0.05) is 22.8 Å². The number of rotatable bonds is 2. The molecule has 0 bridgehead atoms. The Morgan fingerprint density at radius 3 is 2.96 bits per heavy atom. The van der Waals surface area contributed by atoms with Crippen LogP contribution in [0.2, 0.25) is 0 Å². The maximum Gasteiger partial charge on any atom is 0.266 e. The van der Waals surface area contributed by atoms with Crippen LogP contribution in [0.3, 0.4) is 0 Å². The van der Waals surface area contributed by atoms with E-state index in [1.807, 2.05) is 30.5 Å². The van der Waals surface area contributed by atoms with E-state index in [2.05, 4.69) is 20.3 Å². The average molecular weight is 324 g/mol. The fourth-order valence-corrected chi connectivity index (χ4v) is 3.66. The van der Waals surface area contributed by atoms with Crippen molar-refractivity contribution in [2.45, 2.75) is 6.92 Å². The molecule has 0 aliphatic rings. The Labute approximate surface area is 134 Å². The maximum atomic E-state index is 12.5. The first-order valence-electron chi connectivity index (χ1n) is 6.99. The van der Waals surface area contributed by atoms with Gasteiger partial charge >= 0.3 is 0 Å². The largest absolute Gasteiger partial charge is 0.361 e. The fraction of sp³-hybridized carbons (Fsp3) is 0.0625. The minimum atomic E-state index is -0.236. The molecule has 6 nitrogen and oxygen atoms in total. The van der Waals surface area contributed by atoms with Crippen LogP contribution in [-0.2, 0) is 0 Å². The second-order valence-electron chi connectivity index (χ2n) is 5.20. The standard InChI is InChI=1S/C16H12N4O2S/c1-8-12-14(21)18-7-19-16(12)23-13(8)15(22)20-10-2-3-11-9(6-10)4-5-17-11/h2-7,17H,1H3,(H,20,22)(H,18,19,21). The number of nitrogens with zero attached hydrogens (tertiary/aromatic N) is 1. The van der Waals surface area contributed by atoms with Crippen LogP contribution in [0.15, 0.2) is 41.6 Å². The monoisotopic (exact) mass is 324 g/mol. The van der Waals surface area contributed by atoms with Gasteiger partial charge in [0.05, 0.1) is 16.6 Å². The van der Waals surface area contributed by atoms with Gasteiger partial charge in [0.1, 0.15) is 4.83 Å². The maximum absolute atomic E-state index is 12.5. The third kappa shape index (κ3) is 2.22. The number of amides is 1. The molecule has 0 aliphatic carbocycles. The quantitative estimate of drug-likeness (QED) is 0.529. The minimum Gasteiger partial charge on any atom is -0.361 e. The molecule has 0 radical (unpaired) electrons. The van der Waals surface area contributed by atoms with Crippen molar-refractivity contribution in [3.05, 3.63) is 57.6 Å². The highest BCUT2D eigenvalue weighted by molar-refractivity contribution is 7.20. The van der Waals surface area contributed by atoms with Gasteiger partial charge in [-0.1, -0.05) is 0 Å². The summed E-state index contributed by atoms with van der Waals surface area (Å²) in [5, 5.41) is 4.38. The third-order valence-corrected chi connectivity index (χ3v) is 4.95. The second kappa shape index (κ2) is 5.06. The van der Waals surface area contributed by atoms with Gasteiger partial charge in [0.2, 0.25) is 0 Å². The van der Waals surface area contributed by atoms with Crippen LogP contribution in [-0.4, -0.2) is 20.9 Å². The minimum absolute atomic E-state index is 0.225. The fourth-order valence-electron chi connectivity index (χ4n) is 2.61. The van der Waals surface area contributed by atoms with Crippen LogP contribution in [0, 0.1) is 6.92 Å². The van der Waals surface area contributed by atoms with Crippen molar-refractivity contribution in [1.82, 2.24) is 15.0 Å². The topological polar surface area (TPSA) is 90.6 Å². The summed E-state index contributed by atoms with van der Waals surface area (Å²) in [5.41, 5.74) is 2.15. The number of hydrogen-bond acceptors (Lipinski definition) is 4. The molecule has 3 heterocycles. The van der Waals surface area contributed by atoms with E-state index in [4.69, 9.17) is 0 Å². The number of aromatic nitrogens is 3. The molecule has 3 aromatic heterocycles. The molecule has 0 spiro atoms. The highest BCUT2D eigenvalue weighted by Crippen LogP contribution is 2.27. The molecule has 0 aliphatic heterocycles. The van der Waals surface area contributed by atoms with Crippen LogP contribution < -0.4 is 10.9 Å². The molecule has 0 atom stereocenters. The van der Waals surface area contributed by atoms with Gasteiger partial charge in [-0.25, -0.2) is 4.98 Å².